The van der Waals surface area contributed by atoms with E-state index in [0.717, 1.165) is 17.7 Å². The van der Waals surface area contributed by atoms with E-state index in [9.17, 15) is 13.2 Å². The Labute approximate surface area is 125 Å². The van der Waals surface area contributed by atoms with Gasteiger partial charge in [-0.05, 0) is 35.7 Å². The van der Waals surface area contributed by atoms with Crippen molar-refractivity contribution in [1.82, 2.24) is 0 Å². The van der Waals surface area contributed by atoms with Crippen LogP contribution >= 0.6 is 23.2 Å². The average Bonchev–Trinajstić information content (AvgIpc) is 2.38. The average molecular weight is 319 g/mol. The summed E-state index contributed by atoms with van der Waals surface area (Å²) >= 11 is 12.1. The molecule has 0 amide bonds. The van der Waals surface area contributed by atoms with Gasteiger partial charge in [-0.15, -0.1) is 11.6 Å². The first-order chi connectivity index (χ1) is 9.36. The van der Waals surface area contributed by atoms with E-state index in [-0.39, 0.29) is 0 Å². The highest BCUT2D eigenvalue weighted by Crippen LogP contribution is 2.33. The summed E-state index contributed by atoms with van der Waals surface area (Å²) in [6.07, 6.45) is -3.94. The maximum absolute atomic E-state index is 12.7. The maximum atomic E-state index is 12.7. The van der Waals surface area contributed by atoms with Crippen LogP contribution in [0.15, 0.2) is 48.5 Å². The number of hydrogen-bond acceptors (Lipinski definition) is 0. The van der Waals surface area contributed by atoms with Crippen molar-refractivity contribution in [3.8, 4) is 0 Å². The molecule has 0 aliphatic heterocycles. The minimum absolute atomic E-state index is 0.420. The molecule has 2 rings (SSSR count). The van der Waals surface area contributed by atoms with E-state index in [0.29, 0.717) is 17.0 Å². The predicted octanol–water partition coefficient (Wildman–Crippen LogP) is 5.88. The van der Waals surface area contributed by atoms with Gasteiger partial charge in [-0.2, -0.15) is 13.2 Å². The Morgan fingerprint density at radius 3 is 2.35 bits per heavy atom. The molecule has 20 heavy (non-hydrogen) atoms. The number of rotatable bonds is 3. The fraction of sp³-hybridized carbons (Fsp3) is 0.200. The van der Waals surface area contributed by atoms with Crippen molar-refractivity contribution in [3.63, 3.8) is 0 Å². The van der Waals surface area contributed by atoms with Gasteiger partial charge < -0.3 is 0 Å². The molecule has 0 nitrogen and oxygen atoms in total. The van der Waals surface area contributed by atoms with E-state index in [1.54, 1.807) is 24.3 Å². The Balaban J connectivity index is 2.19. The first-order valence-electron chi connectivity index (χ1n) is 5.92. The summed E-state index contributed by atoms with van der Waals surface area (Å²) < 4.78 is 38.0. The lowest BCUT2D eigenvalue weighted by molar-refractivity contribution is -0.137. The smallest absolute Gasteiger partial charge is 0.166 e. The first-order valence-corrected chi connectivity index (χ1v) is 6.73. The van der Waals surface area contributed by atoms with Gasteiger partial charge in [-0.3, -0.25) is 0 Å². The molecule has 0 saturated carbocycles. The second-order valence-corrected chi connectivity index (χ2v) is 5.39. The van der Waals surface area contributed by atoms with Gasteiger partial charge in [0, 0.05) is 5.02 Å². The van der Waals surface area contributed by atoms with Crippen LogP contribution in [0.25, 0.3) is 0 Å². The monoisotopic (exact) mass is 318 g/mol. The molecule has 1 unspecified atom stereocenters. The lowest BCUT2D eigenvalue weighted by Crippen LogP contribution is -2.06. The van der Waals surface area contributed by atoms with E-state index in [2.05, 4.69) is 0 Å². The zero-order chi connectivity index (χ0) is 14.8. The molecule has 0 saturated heterocycles. The maximum Gasteiger partial charge on any atom is 0.416 e. The summed E-state index contributed by atoms with van der Waals surface area (Å²) in [5, 5.41) is 0.0474. The Hall–Kier alpha value is -1.19. The quantitative estimate of drug-likeness (QED) is 0.620. The topological polar surface area (TPSA) is 0 Å². The summed E-state index contributed by atoms with van der Waals surface area (Å²) in [6, 6.07) is 12.2. The third-order valence-electron chi connectivity index (χ3n) is 2.88. The van der Waals surface area contributed by atoms with Gasteiger partial charge in [0.05, 0.1) is 10.9 Å². The molecule has 106 valence electrons. The van der Waals surface area contributed by atoms with E-state index >= 15 is 0 Å². The van der Waals surface area contributed by atoms with Crippen LogP contribution in [0.5, 0.6) is 0 Å². The zero-order valence-electron chi connectivity index (χ0n) is 10.3. The fourth-order valence-corrected chi connectivity index (χ4v) is 2.43. The van der Waals surface area contributed by atoms with Crippen LogP contribution in [-0.2, 0) is 12.6 Å². The number of halogens is 5. The fourth-order valence-electron chi connectivity index (χ4n) is 1.90. The van der Waals surface area contributed by atoms with E-state index in [4.69, 9.17) is 23.2 Å². The molecule has 0 N–H and O–H groups in total. The molecule has 0 radical (unpaired) electrons. The molecule has 0 bridgehead atoms. The Morgan fingerprint density at radius 2 is 1.70 bits per heavy atom. The molecule has 0 aromatic heterocycles. The van der Waals surface area contributed by atoms with Gasteiger partial charge in [0.1, 0.15) is 0 Å². The van der Waals surface area contributed by atoms with E-state index < -0.39 is 17.1 Å². The largest absolute Gasteiger partial charge is 0.416 e. The van der Waals surface area contributed by atoms with Gasteiger partial charge in [0.25, 0.3) is 0 Å². The zero-order valence-corrected chi connectivity index (χ0v) is 11.8. The summed E-state index contributed by atoms with van der Waals surface area (Å²) in [5.74, 6) is 0. The molecule has 0 aliphatic rings. The molecular formula is C15H11Cl2F3. The van der Waals surface area contributed by atoms with Crippen molar-refractivity contribution in [3.05, 3.63) is 70.2 Å². The lowest BCUT2D eigenvalue weighted by Gasteiger charge is -2.13. The highest BCUT2D eigenvalue weighted by atomic mass is 35.5. The Kier molecular flexibility index (Phi) is 4.61. The molecule has 1 atom stereocenters. The van der Waals surface area contributed by atoms with Gasteiger partial charge in [0.15, 0.2) is 0 Å². The van der Waals surface area contributed by atoms with Crippen molar-refractivity contribution in [2.75, 3.05) is 0 Å². The van der Waals surface area contributed by atoms with Crippen LogP contribution in [-0.4, -0.2) is 0 Å². The highest BCUT2D eigenvalue weighted by Gasteiger charge is 2.30. The van der Waals surface area contributed by atoms with E-state index in [1.807, 2.05) is 6.07 Å². The number of alkyl halides is 4. The van der Waals surface area contributed by atoms with Crippen LogP contribution in [0.1, 0.15) is 22.1 Å². The van der Waals surface area contributed by atoms with Gasteiger partial charge >= 0.3 is 6.18 Å². The van der Waals surface area contributed by atoms with Crippen LogP contribution in [0.4, 0.5) is 13.2 Å². The summed E-state index contributed by atoms with van der Waals surface area (Å²) in [7, 11) is 0. The summed E-state index contributed by atoms with van der Waals surface area (Å²) in [5.41, 5.74) is 0.642. The predicted molar refractivity (Wildman–Crippen MR) is 75.2 cm³/mol. The van der Waals surface area contributed by atoms with Gasteiger partial charge in [-0.25, -0.2) is 0 Å². The molecule has 0 heterocycles. The van der Waals surface area contributed by atoms with Crippen molar-refractivity contribution < 1.29 is 13.2 Å². The second-order valence-electron chi connectivity index (χ2n) is 4.42. The normalized spacial score (nSPS) is 13.2. The van der Waals surface area contributed by atoms with Crippen LogP contribution in [0.3, 0.4) is 0 Å². The van der Waals surface area contributed by atoms with Gasteiger partial charge in [0.2, 0.25) is 0 Å². The first kappa shape index (κ1) is 15.2. The summed E-state index contributed by atoms with van der Waals surface area (Å²) in [6.45, 7) is 0. The molecular weight excluding hydrogens is 308 g/mol. The molecule has 0 spiro atoms. The lowest BCUT2D eigenvalue weighted by atomic mass is 10.0. The van der Waals surface area contributed by atoms with Crippen LogP contribution in [0.2, 0.25) is 5.02 Å². The molecule has 5 heteroatoms. The summed E-state index contributed by atoms with van der Waals surface area (Å²) in [4.78, 5) is 0. The molecule has 2 aromatic rings. The van der Waals surface area contributed by atoms with Crippen molar-refractivity contribution in [2.24, 2.45) is 0 Å². The highest BCUT2D eigenvalue weighted by molar-refractivity contribution is 6.30. The molecule has 0 fully saturated rings. The van der Waals surface area contributed by atoms with E-state index in [1.165, 1.54) is 6.07 Å². The SMILES string of the molecule is FC(F)(F)c1cccc(C(Cl)Cc2cccc(Cl)c2)c1. The molecule has 2 aromatic carbocycles. The third-order valence-corrected chi connectivity index (χ3v) is 3.52. The minimum atomic E-state index is -4.36. The van der Waals surface area contributed by atoms with Gasteiger partial charge in [-0.1, -0.05) is 41.9 Å². The Bertz CT molecular complexity index is 594. The number of hydrogen-bond donors (Lipinski definition) is 0. The van der Waals surface area contributed by atoms with Crippen molar-refractivity contribution in [2.45, 2.75) is 18.0 Å². The Morgan fingerprint density at radius 1 is 1.00 bits per heavy atom. The van der Waals surface area contributed by atoms with Crippen molar-refractivity contribution >= 4 is 23.2 Å². The third kappa shape index (κ3) is 3.90. The van der Waals surface area contributed by atoms with Crippen LogP contribution in [0, 0.1) is 0 Å². The number of benzene rings is 2. The van der Waals surface area contributed by atoms with Crippen molar-refractivity contribution in [1.29, 1.82) is 0 Å². The second kappa shape index (κ2) is 6.06. The standard InChI is InChI=1S/C15H11Cl2F3/c16-13-6-1-3-10(7-13)8-14(17)11-4-2-5-12(9-11)15(18,19)20/h1-7,9,14H,8H2. The minimum Gasteiger partial charge on any atom is -0.166 e. The molecule has 0 aliphatic carbocycles. The van der Waals surface area contributed by atoms with Crippen LogP contribution < -0.4 is 0 Å².